The van der Waals surface area contributed by atoms with E-state index < -0.39 is 23.1 Å². The Hall–Kier alpha value is -2.80. The number of carbonyl (C=O) groups is 1. The molecule has 1 aromatic heterocycles. The van der Waals surface area contributed by atoms with Gasteiger partial charge in [0.15, 0.2) is 4.80 Å². The van der Waals surface area contributed by atoms with Crippen LogP contribution in [0.5, 0.6) is 5.75 Å². The number of benzene rings is 2. The van der Waals surface area contributed by atoms with E-state index in [4.69, 9.17) is 4.74 Å². The Labute approximate surface area is 152 Å². The highest BCUT2D eigenvalue weighted by Crippen LogP contribution is 2.27. The molecule has 0 unspecified atom stereocenters. The molecule has 3 rings (SSSR count). The van der Waals surface area contributed by atoms with Gasteiger partial charge in [-0.3, -0.25) is 4.79 Å². The zero-order chi connectivity index (χ0) is 18.7. The van der Waals surface area contributed by atoms with Crippen molar-refractivity contribution in [2.24, 2.45) is 4.99 Å². The third-order valence-electron chi connectivity index (χ3n) is 3.65. The summed E-state index contributed by atoms with van der Waals surface area (Å²) >= 11 is 1.24. The van der Waals surface area contributed by atoms with E-state index in [-0.39, 0.29) is 0 Å². The van der Waals surface area contributed by atoms with Gasteiger partial charge in [-0.05, 0) is 31.2 Å². The maximum atomic E-state index is 13.9. The van der Waals surface area contributed by atoms with E-state index in [0.29, 0.717) is 23.7 Å². The number of halogens is 2. The van der Waals surface area contributed by atoms with Crippen LogP contribution in [0.25, 0.3) is 10.2 Å². The van der Waals surface area contributed by atoms with Crippen LogP contribution in [0.4, 0.5) is 8.78 Å². The lowest BCUT2D eigenvalue weighted by atomic mass is 10.2. The number of fused-ring (bicyclic) bond motifs is 1. The first-order valence-corrected chi connectivity index (χ1v) is 8.77. The van der Waals surface area contributed by atoms with E-state index >= 15 is 0 Å². The van der Waals surface area contributed by atoms with Crippen molar-refractivity contribution in [1.82, 2.24) is 4.57 Å². The fourth-order valence-electron chi connectivity index (χ4n) is 2.60. The lowest BCUT2D eigenvalue weighted by molar-refractivity contribution is 0.0990. The van der Waals surface area contributed by atoms with Gasteiger partial charge in [-0.2, -0.15) is 4.99 Å². The predicted molar refractivity (Wildman–Crippen MR) is 97.4 cm³/mol. The van der Waals surface area contributed by atoms with E-state index in [1.54, 1.807) is 10.6 Å². The van der Waals surface area contributed by atoms with E-state index in [0.717, 1.165) is 22.3 Å². The van der Waals surface area contributed by atoms with Gasteiger partial charge in [0.25, 0.3) is 5.91 Å². The number of carbonyl (C=O) groups excluding carboxylic acids is 1. The highest BCUT2D eigenvalue weighted by atomic mass is 32.1. The average molecular weight is 374 g/mol. The minimum Gasteiger partial charge on any atom is -0.492 e. The Balaban J connectivity index is 2.22. The number of allylic oxidation sites excluding steroid dienone is 1. The van der Waals surface area contributed by atoms with Crippen LogP contribution in [0.2, 0.25) is 0 Å². The average Bonchev–Trinajstić information content (AvgIpc) is 2.94. The number of hydrogen-bond donors (Lipinski definition) is 0. The Morgan fingerprint density at radius 3 is 2.62 bits per heavy atom. The maximum Gasteiger partial charge on any atom is 0.285 e. The van der Waals surface area contributed by atoms with Gasteiger partial charge >= 0.3 is 0 Å². The molecule has 0 bridgehead atoms. The van der Waals surface area contributed by atoms with Crippen molar-refractivity contribution in [3.8, 4) is 5.75 Å². The van der Waals surface area contributed by atoms with Crippen molar-refractivity contribution in [3.63, 3.8) is 0 Å². The molecule has 4 nitrogen and oxygen atoms in total. The van der Waals surface area contributed by atoms with Crippen molar-refractivity contribution in [3.05, 3.63) is 71.1 Å². The Morgan fingerprint density at radius 1 is 1.27 bits per heavy atom. The minimum absolute atomic E-state index is 0.319. The lowest BCUT2D eigenvalue weighted by Gasteiger charge is -2.08. The first-order valence-electron chi connectivity index (χ1n) is 7.96. The van der Waals surface area contributed by atoms with Crippen molar-refractivity contribution < 1.29 is 18.3 Å². The molecule has 0 spiro atoms. The topological polar surface area (TPSA) is 43.6 Å². The molecule has 0 saturated heterocycles. The third kappa shape index (κ3) is 3.30. The SMILES string of the molecule is C=CCn1c(=NC(=O)c2c(F)cccc2F)sc2cccc(OCC)c21. The number of thiazole rings is 1. The molecule has 0 aliphatic carbocycles. The lowest BCUT2D eigenvalue weighted by Crippen LogP contribution is -2.17. The molecular formula is C19H16F2N2O2S. The second-order valence-corrected chi connectivity index (χ2v) is 6.34. The molecule has 2 aromatic carbocycles. The van der Waals surface area contributed by atoms with Crippen LogP contribution in [-0.4, -0.2) is 17.1 Å². The highest BCUT2D eigenvalue weighted by molar-refractivity contribution is 7.16. The highest BCUT2D eigenvalue weighted by Gasteiger charge is 2.18. The fraction of sp³-hybridized carbons (Fsp3) is 0.158. The van der Waals surface area contributed by atoms with Gasteiger partial charge in [-0.15, -0.1) is 6.58 Å². The normalized spacial score (nSPS) is 11.7. The van der Waals surface area contributed by atoms with Crippen LogP contribution in [0.15, 0.2) is 54.0 Å². The molecule has 1 amide bonds. The maximum absolute atomic E-state index is 13.9. The number of ether oxygens (including phenoxy) is 1. The molecule has 0 aliphatic rings. The zero-order valence-corrected chi connectivity index (χ0v) is 14.9. The van der Waals surface area contributed by atoms with Crippen molar-refractivity contribution in [1.29, 1.82) is 0 Å². The van der Waals surface area contributed by atoms with Gasteiger partial charge in [0.2, 0.25) is 0 Å². The third-order valence-corrected chi connectivity index (χ3v) is 4.69. The first kappa shape index (κ1) is 18.0. The molecule has 7 heteroatoms. The summed E-state index contributed by atoms with van der Waals surface area (Å²) in [6.45, 7) is 6.45. The number of nitrogens with zero attached hydrogens (tertiary/aromatic N) is 2. The quantitative estimate of drug-likeness (QED) is 0.625. The molecule has 26 heavy (non-hydrogen) atoms. The Kier molecular flexibility index (Phi) is 5.27. The summed E-state index contributed by atoms with van der Waals surface area (Å²) in [4.78, 5) is 16.7. The monoisotopic (exact) mass is 374 g/mol. The molecule has 0 radical (unpaired) electrons. The summed E-state index contributed by atoms with van der Waals surface area (Å²) in [5.41, 5.74) is 0.0972. The molecule has 0 atom stereocenters. The molecular weight excluding hydrogens is 358 g/mol. The van der Waals surface area contributed by atoms with Crippen LogP contribution >= 0.6 is 11.3 Å². The van der Waals surface area contributed by atoms with E-state index in [1.165, 1.54) is 17.4 Å². The molecule has 1 heterocycles. The van der Waals surface area contributed by atoms with E-state index in [2.05, 4.69) is 11.6 Å². The Morgan fingerprint density at radius 2 is 1.96 bits per heavy atom. The zero-order valence-electron chi connectivity index (χ0n) is 14.0. The van der Waals surface area contributed by atoms with Gasteiger partial charge in [0.1, 0.15) is 28.5 Å². The van der Waals surface area contributed by atoms with Crippen LogP contribution in [0.1, 0.15) is 17.3 Å². The molecule has 0 fully saturated rings. The molecule has 3 aromatic rings. The number of rotatable bonds is 5. The second-order valence-electron chi connectivity index (χ2n) is 5.33. The number of para-hydroxylation sites is 1. The smallest absolute Gasteiger partial charge is 0.285 e. The molecule has 0 aliphatic heterocycles. The van der Waals surface area contributed by atoms with Gasteiger partial charge in [-0.25, -0.2) is 8.78 Å². The van der Waals surface area contributed by atoms with Crippen LogP contribution < -0.4 is 9.54 Å². The summed E-state index contributed by atoms with van der Waals surface area (Å²) < 4.78 is 36.0. The van der Waals surface area contributed by atoms with Crippen LogP contribution in [0.3, 0.4) is 0 Å². The largest absolute Gasteiger partial charge is 0.492 e. The predicted octanol–water partition coefficient (Wildman–Crippen LogP) is 4.31. The summed E-state index contributed by atoms with van der Waals surface area (Å²) in [5.74, 6) is -2.20. The number of hydrogen-bond acceptors (Lipinski definition) is 3. The van der Waals surface area contributed by atoms with Gasteiger partial charge < -0.3 is 9.30 Å². The summed E-state index contributed by atoms with van der Waals surface area (Å²) in [5, 5.41) is 0. The standard InChI is InChI=1S/C19H16F2N2O2S/c1-3-11-23-17-14(25-4-2)9-6-10-15(17)26-19(23)22-18(24)16-12(20)7-5-8-13(16)21/h3,5-10H,1,4,11H2,2H3. The van der Waals surface area contributed by atoms with E-state index in [9.17, 15) is 13.6 Å². The second kappa shape index (κ2) is 7.61. The van der Waals surface area contributed by atoms with Crippen molar-refractivity contribution >= 4 is 27.5 Å². The molecule has 134 valence electrons. The number of aromatic nitrogens is 1. The number of amides is 1. The van der Waals surface area contributed by atoms with Crippen molar-refractivity contribution in [2.75, 3.05) is 6.61 Å². The molecule has 0 saturated carbocycles. The van der Waals surface area contributed by atoms with Crippen molar-refractivity contribution in [2.45, 2.75) is 13.5 Å². The first-order chi connectivity index (χ1) is 12.6. The molecule has 0 N–H and O–H groups in total. The van der Waals surface area contributed by atoms with Gasteiger partial charge in [0, 0.05) is 6.54 Å². The van der Waals surface area contributed by atoms with Crippen LogP contribution in [-0.2, 0) is 6.54 Å². The minimum atomic E-state index is -0.970. The van der Waals surface area contributed by atoms with Crippen LogP contribution in [0, 0.1) is 11.6 Å². The van der Waals surface area contributed by atoms with Gasteiger partial charge in [-0.1, -0.05) is 29.5 Å². The van der Waals surface area contributed by atoms with E-state index in [1.807, 2.05) is 25.1 Å². The van der Waals surface area contributed by atoms with Gasteiger partial charge in [0.05, 0.1) is 11.3 Å². The summed E-state index contributed by atoms with van der Waals surface area (Å²) in [7, 11) is 0. The Bertz CT molecular complexity index is 1030. The summed E-state index contributed by atoms with van der Waals surface area (Å²) in [6.07, 6.45) is 1.65. The summed E-state index contributed by atoms with van der Waals surface area (Å²) in [6, 6.07) is 8.79. The fourth-order valence-corrected chi connectivity index (χ4v) is 3.65.